The highest BCUT2D eigenvalue weighted by Crippen LogP contribution is 2.28. The Bertz CT molecular complexity index is 492. The number of rotatable bonds is 5. The van der Waals surface area contributed by atoms with Crippen molar-refractivity contribution in [3.8, 4) is 0 Å². The Labute approximate surface area is 143 Å². The maximum atomic E-state index is 2.69. The van der Waals surface area contributed by atoms with Crippen molar-refractivity contribution in [3.63, 3.8) is 0 Å². The van der Waals surface area contributed by atoms with Gasteiger partial charge in [-0.15, -0.1) is 0 Å². The maximum absolute atomic E-state index is 2.69. The van der Waals surface area contributed by atoms with Gasteiger partial charge >= 0.3 is 0 Å². The molecule has 0 bridgehead atoms. The Morgan fingerprint density at radius 3 is 2.13 bits per heavy atom. The minimum atomic E-state index is 0.504. The van der Waals surface area contributed by atoms with Gasteiger partial charge in [-0.05, 0) is 43.7 Å². The summed E-state index contributed by atoms with van der Waals surface area (Å²) in [6, 6.07) is 11.0. The van der Waals surface area contributed by atoms with Crippen molar-refractivity contribution in [2.24, 2.45) is 5.92 Å². The highest BCUT2D eigenvalue weighted by molar-refractivity contribution is 5.28. The van der Waals surface area contributed by atoms with Crippen molar-refractivity contribution in [3.05, 3.63) is 35.4 Å². The summed E-state index contributed by atoms with van der Waals surface area (Å²) in [4.78, 5) is 5.38. The van der Waals surface area contributed by atoms with Crippen LogP contribution in [0.25, 0.3) is 0 Å². The van der Waals surface area contributed by atoms with Gasteiger partial charge in [0.2, 0.25) is 0 Å². The summed E-state index contributed by atoms with van der Waals surface area (Å²) >= 11 is 0. The largest absolute Gasteiger partial charge is 0.295 e. The van der Waals surface area contributed by atoms with Crippen molar-refractivity contribution in [2.45, 2.75) is 72.5 Å². The molecule has 130 valence electrons. The molecular formula is C21H36N2. The molecule has 23 heavy (non-hydrogen) atoms. The lowest BCUT2D eigenvalue weighted by Crippen LogP contribution is -2.57. The van der Waals surface area contributed by atoms with Gasteiger partial charge in [0.1, 0.15) is 0 Å². The molecule has 0 spiro atoms. The number of nitrogens with zero attached hydrogens (tertiary/aromatic N) is 2. The first-order chi connectivity index (χ1) is 10.8. The van der Waals surface area contributed by atoms with E-state index in [0.717, 1.165) is 0 Å². The molecule has 0 amide bonds. The van der Waals surface area contributed by atoms with E-state index in [0.29, 0.717) is 30.0 Å². The van der Waals surface area contributed by atoms with Gasteiger partial charge in [-0.1, -0.05) is 52.0 Å². The number of hydrogen-bond donors (Lipinski definition) is 0. The van der Waals surface area contributed by atoms with Gasteiger partial charge < -0.3 is 0 Å². The van der Waals surface area contributed by atoms with E-state index in [2.05, 4.69) is 82.5 Å². The molecule has 1 aliphatic heterocycles. The average molecular weight is 317 g/mol. The summed E-state index contributed by atoms with van der Waals surface area (Å²) in [6.07, 6.45) is 0. The Morgan fingerprint density at radius 2 is 1.57 bits per heavy atom. The Balaban J connectivity index is 2.14. The zero-order chi connectivity index (χ0) is 17.1. The van der Waals surface area contributed by atoms with E-state index in [1.54, 1.807) is 0 Å². The molecule has 1 fully saturated rings. The van der Waals surface area contributed by atoms with Crippen molar-refractivity contribution in [1.82, 2.24) is 9.80 Å². The van der Waals surface area contributed by atoms with E-state index in [-0.39, 0.29) is 0 Å². The summed E-state index contributed by atoms with van der Waals surface area (Å²) in [5.74, 6) is 1.30. The van der Waals surface area contributed by atoms with Crippen LogP contribution in [0.1, 0.15) is 71.6 Å². The fraction of sp³-hybridized carbons (Fsp3) is 0.714. The fourth-order valence-corrected chi connectivity index (χ4v) is 3.82. The summed E-state index contributed by atoms with van der Waals surface area (Å²) in [6.45, 7) is 19.9. The van der Waals surface area contributed by atoms with Crippen LogP contribution in [0, 0.1) is 5.92 Å². The molecule has 1 saturated heterocycles. The SMILES string of the molecule is CC(C)c1cccc([C@H](C)N2CCN(C(C)C)[C@H](C(C)C)C2)c1. The Kier molecular flexibility index (Phi) is 6.27. The van der Waals surface area contributed by atoms with Crippen LogP contribution in [0.3, 0.4) is 0 Å². The predicted molar refractivity (Wildman–Crippen MR) is 101 cm³/mol. The second-order valence-electron chi connectivity index (χ2n) is 8.14. The van der Waals surface area contributed by atoms with Crippen molar-refractivity contribution >= 4 is 0 Å². The number of benzene rings is 1. The van der Waals surface area contributed by atoms with E-state index in [4.69, 9.17) is 0 Å². The minimum absolute atomic E-state index is 0.504. The smallest absolute Gasteiger partial charge is 0.0321 e. The first-order valence-electron chi connectivity index (χ1n) is 9.41. The third-order valence-corrected chi connectivity index (χ3v) is 5.53. The fourth-order valence-electron chi connectivity index (χ4n) is 3.82. The molecule has 0 radical (unpaired) electrons. The van der Waals surface area contributed by atoms with Gasteiger partial charge in [0.05, 0.1) is 0 Å². The van der Waals surface area contributed by atoms with Crippen molar-refractivity contribution in [1.29, 1.82) is 0 Å². The van der Waals surface area contributed by atoms with Crippen LogP contribution < -0.4 is 0 Å². The van der Waals surface area contributed by atoms with Gasteiger partial charge in [0.15, 0.2) is 0 Å². The highest BCUT2D eigenvalue weighted by atomic mass is 15.3. The molecule has 2 heteroatoms. The van der Waals surface area contributed by atoms with Crippen LogP contribution >= 0.6 is 0 Å². The molecule has 0 aliphatic carbocycles. The average Bonchev–Trinajstić information content (AvgIpc) is 2.53. The predicted octanol–water partition coefficient (Wildman–Crippen LogP) is 4.92. The first kappa shape index (κ1) is 18.5. The Morgan fingerprint density at radius 1 is 0.913 bits per heavy atom. The monoisotopic (exact) mass is 316 g/mol. The molecule has 0 aromatic heterocycles. The third kappa shape index (κ3) is 4.36. The summed E-state index contributed by atoms with van der Waals surface area (Å²) in [5, 5.41) is 0. The van der Waals surface area contributed by atoms with Crippen molar-refractivity contribution in [2.75, 3.05) is 19.6 Å². The lowest BCUT2D eigenvalue weighted by molar-refractivity contribution is 0.0121. The second kappa shape index (κ2) is 7.81. The minimum Gasteiger partial charge on any atom is -0.295 e. The van der Waals surface area contributed by atoms with Gasteiger partial charge in [0, 0.05) is 37.8 Å². The second-order valence-corrected chi connectivity index (χ2v) is 8.14. The van der Waals surface area contributed by atoms with E-state index < -0.39 is 0 Å². The summed E-state index contributed by atoms with van der Waals surface area (Å²) < 4.78 is 0. The topological polar surface area (TPSA) is 6.48 Å². The number of hydrogen-bond acceptors (Lipinski definition) is 2. The summed E-state index contributed by atoms with van der Waals surface area (Å²) in [7, 11) is 0. The lowest BCUT2D eigenvalue weighted by atomic mass is 9.94. The summed E-state index contributed by atoms with van der Waals surface area (Å²) in [5.41, 5.74) is 2.92. The molecule has 2 atom stereocenters. The molecule has 1 heterocycles. The standard InChI is InChI=1S/C21H36N2/c1-15(2)19-9-8-10-20(13-19)18(7)22-11-12-23(17(5)6)21(14-22)16(3)4/h8-10,13,15-18,21H,11-12,14H2,1-7H3/t18-,21-/m0/s1. The van der Waals surface area contributed by atoms with Gasteiger partial charge in [0.25, 0.3) is 0 Å². The number of piperazine rings is 1. The molecule has 1 aliphatic rings. The quantitative estimate of drug-likeness (QED) is 0.760. The molecule has 2 rings (SSSR count). The van der Waals surface area contributed by atoms with Crippen molar-refractivity contribution < 1.29 is 0 Å². The Hall–Kier alpha value is -0.860. The van der Waals surface area contributed by atoms with Crippen LogP contribution in [0.5, 0.6) is 0 Å². The first-order valence-corrected chi connectivity index (χ1v) is 9.41. The zero-order valence-electron chi connectivity index (χ0n) is 16.2. The van der Waals surface area contributed by atoms with E-state index >= 15 is 0 Å². The van der Waals surface area contributed by atoms with Gasteiger partial charge in [-0.3, -0.25) is 9.80 Å². The lowest BCUT2D eigenvalue weighted by Gasteiger charge is -2.47. The maximum Gasteiger partial charge on any atom is 0.0321 e. The van der Waals surface area contributed by atoms with Gasteiger partial charge in [-0.2, -0.15) is 0 Å². The molecule has 0 unspecified atom stereocenters. The van der Waals surface area contributed by atoms with Crippen LogP contribution in [0.4, 0.5) is 0 Å². The van der Waals surface area contributed by atoms with Crippen LogP contribution in [-0.2, 0) is 0 Å². The molecule has 1 aromatic carbocycles. The van der Waals surface area contributed by atoms with Crippen LogP contribution in [0.15, 0.2) is 24.3 Å². The van der Waals surface area contributed by atoms with E-state index in [1.165, 1.54) is 30.8 Å². The normalized spacial score (nSPS) is 22.3. The molecule has 0 saturated carbocycles. The van der Waals surface area contributed by atoms with E-state index in [1.807, 2.05) is 0 Å². The van der Waals surface area contributed by atoms with E-state index in [9.17, 15) is 0 Å². The highest BCUT2D eigenvalue weighted by Gasteiger charge is 2.32. The van der Waals surface area contributed by atoms with Crippen LogP contribution in [0.2, 0.25) is 0 Å². The molecule has 2 nitrogen and oxygen atoms in total. The van der Waals surface area contributed by atoms with Crippen LogP contribution in [-0.4, -0.2) is 41.5 Å². The molecule has 1 aromatic rings. The van der Waals surface area contributed by atoms with Gasteiger partial charge in [-0.25, -0.2) is 0 Å². The zero-order valence-corrected chi connectivity index (χ0v) is 16.2. The third-order valence-electron chi connectivity index (χ3n) is 5.53. The molecular weight excluding hydrogens is 280 g/mol. The molecule has 0 N–H and O–H groups in total.